The van der Waals surface area contributed by atoms with Gasteiger partial charge in [-0.05, 0) is 60.2 Å². The van der Waals surface area contributed by atoms with E-state index < -0.39 is 21.4 Å². The number of rotatable bonds is 3. The van der Waals surface area contributed by atoms with Crippen molar-refractivity contribution in [2.45, 2.75) is 18.2 Å². The summed E-state index contributed by atoms with van der Waals surface area (Å²) in [6.45, 7) is 1.85. The number of benzene rings is 1. The summed E-state index contributed by atoms with van der Waals surface area (Å²) >= 11 is 2.10. The van der Waals surface area contributed by atoms with Gasteiger partial charge in [0.25, 0.3) is 0 Å². The third-order valence-electron chi connectivity index (χ3n) is 3.41. The van der Waals surface area contributed by atoms with E-state index in [0.717, 1.165) is 3.57 Å². The average Bonchev–Trinajstić information content (AvgIpc) is 2.75. The third kappa shape index (κ3) is 2.77. The van der Waals surface area contributed by atoms with E-state index in [9.17, 15) is 13.2 Å². The van der Waals surface area contributed by atoms with Crippen molar-refractivity contribution in [1.29, 1.82) is 0 Å². The SMILES string of the molecule is CC1(C(=O)O)CCN(S(=O)(=O)c2ccc(I)cc2)C1. The highest BCUT2D eigenvalue weighted by Gasteiger charge is 2.44. The van der Waals surface area contributed by atoms with Gasteiger partial charge in [0.05, 0.1) is 10.3 Å². The van der Waals surface area contributed by atoms with Crippen LogP contribution in [0.2, 0.25) is 0 Å². The van der Waals surface area contributed by atoms with Gasteiger partial charge in [-0.15, -0.1) is 0 Å². The first-order valence-corrected chi connectivity index (χ1v) is 8.27. The molecule has 19 heavy (non-hydrogen) atoms. The van der Waals surface area contributed by atoms with E-state index >= 15 is 0 Å². The molecule has 1 saturated heterocycles. The molecule has 0 spiro atoms. The van der Waals surface area contributed by atoms with E-state index in [1.54, 1.807) is 31.2 Å². The van der Waals surface area contributed by atoms with Crippen LogP contribution in [0.3, 0.4) is 0 Å². The maximum atomic E-state index is 12.4. The van der Waals surface area contributed by atoms with Crippen molar-refractivity contribution in [1.82, 2.24) is 4.31 Å². The summed E-state index contributed by atoms with van der Waals surface area (Å²) in [4.78, 5) is 11.4. The Labute approximate surface area is 125 Å². The summed E-state index contributed by atoms with van der Waals surface area (Å²) in [6.07, 6.45) is 0.339. The van der Waals surface area contributed by atoms with Gasteiger partial charge in [-0.1, -0.05) is 0 Å². The lowest BCUT2D eigenvalue weighted by Crippen LogP contribution is -2.34. The predicted octanol–water partition coefficient (Wildman–Crippen LogP) is 1.78. The van der Waals surface area contributed by atoms with Crippen molar-refractivity contribution in [3.8, 4) is 0 Å². The molecule has 5 nitrogen and oxygen atoms in total. The third-order valence-corrected chi connectivity index (χ3v) is 5.98. The molecule has 0 saturated carbocycles. The second-order valence-corrected chi connectivity index (χ2v) is 8.09. The summed E-state index contributed by atoms with van der Waals surface area (Å²) in [6, 6.07) is 6.54. The van der Waals surface area contributed by atoms with Gasteiger partial charge < -0.3 is 5.11 Å². The number of sulfonamides is 1. The molecule has 1 aliphatic heterocycles. The van der Waals surface area contributed by atoms with Gasteiger partial charge in [0, 0.05) is 16.7 Å². The number of carboxylic acids is 1. The zero-order valence-corrected chi connectivity index (χ0v) is 13.3. The van der Waals surface area contributed by atoms with Crippen LogP contribution in [0.5, 0.6) is 0 Å². The van der Waals surface area contributed by atoms with Gasteiger partial charge >= 0.3 is 5.97 Å². The predicted molar refractivity (Wildman–Crippen MR) is 78.3 cm³/mol. The molecule has 104 valence electrons. The van der Waals surface area contributed by atoms with Gasteiger partial charge in [0.1, 0.15) is 0 Å². The molecule has 1 unspecified atom stereocenters. The second kappa shape index (κ2) is 5.02. The molecule has 1 N–H and O–H groups in total. The minimum Gasteiger partial charge on any atom is -0.481 e. The van der Waals surface area contributed by atoms with Crippen molar-refractivity contribution in [3.63, 3.8) is 0 Å². The lowest BCUT2D eigenvalue weighted by Gasteiger charge is -2.20. The molecule has 1 atom stereocenters. The standard InChI is InChI=1S/C12H14INO4S/c1-12(11(15)16)6-7-14(8-12)19(17,18)10-4-2-9(13)3-5-10/h2-5H,6-8H2,1H3,(H,15,16). The van der Waals surface area contributed by atoms with Crippen LogP contribution in [-0.4, -0.2) is 36.9 Å². The molecule has 0 aromatic heterocycles. The van der Waals surface area contributed by atoms with Crippen LogP contribution in [0.1, 0.15) is 13.3 Å². The Hall–Kier alpha value is -0.670. The van der Waals surface area contributed by atoms with Crippen LogP contribution in [0.4, 0.5) is 0 Å². The van der Waals surface area contributed by atoms with Crippen molar-refractivity contribution in [3.05, 3.63) is 27.8 Å². The molecule has 0 amide bonds. The monoisotopic (exact) mass is 395 g/mol. The minimum atomic E-state index is -3.59. The quantitative estimate of drug-likeness (QED) is 0.792. The highest BCUT2D eigenvalue weighted by Crippen LogP contribution is 2.33. The fraction of sp³-hybridized carbons (Fsp3) is 0.417. The molecule has 1 aliphatic rings. The zero-order chi connectivity index (χ0) is 14.3. The minimum absolute atomic E-state index is 0.0245. The molecular formula is C12H14INO4S. The number of aliphatic carboxylic acids is 1. The zero-order valence-electron chi connectivity index (χ0n) is 10.3. The molecule has 1 aromatic carbocycles. The van der Waals surface area contributed by atoms with Gasteiger partial charge in [-0.25, -0.2) is 8.42 Å². The van der Waals surface area contributed by atoms with E-state index in [1.807, 2.05) is 0 Å². The first-order valence-electron chi connectivity index (χ1n) is 5.75. The van der Waals surface area contributed by atoms with Crippen molar-refractivity contribution in [2.75, 3.05) is 13.1 Å². The molecule has 0 bridgehead atoms. The first-order chi connectivity index (χ1) is 8.75. The Morgan fingerprint density at radius 3 is 2.42 bits per heavy atom. The smallest absolute Gasteiger partial charge is 0.310 e. The van der Waals surface area contributed by atoms with Crippen LogP contribution >= 0.6 is 22.6 Å². The van der Waals surface area contributed by atoms with Crippen molar-refractivity contribution in [2.24, 2.45) is 5.41 Å². The number of hydrogen-bond donors (Lipinski definition) is 1. The molecule has 1 fully saturated rings. The van der Waals surface area contributed by atoms with Crippen LogP contribution in [0, 0.1) is 8.99 Å². The van der Waals surface area contributed by atoms with E-state index in [1.165, 1.54) is 4.31 Å². The molecule has 1 heterocycles. The highest BCUT2D eigenvalue weighted by atomic mass is 127. The number of halogens is 1. The Balaban J connectivity index is 2.28. The molecule has 1 aromatic rings. The van der Waals surface area contributed by atoms with Crippen LogP contribution in [-0.2, 0) is 14.8 Å². The van der Waals surface area contributed by atoms with Crippen LogP contribution in [0.25, 0.3) is 0 Å². The molecule has 0 radical (unpaired) electrons. The van der Waals surface area contributed by atoms with Gasteiger partial charge in [-0.2, -0.15) is 4.31 Å². The molecule has 7 heteroatoms. The number of hydrogen-bond acceptors (Lipinski definition) is 3. The van der Waals surface area contributed by atoms with Gasteiger partial charge in [0.2, 0.25) is 10.0 Å². The Bertz CT molecular complexity index is 599. The van der Waals surface area contributed by atoms with E-state index in [0.29, 0.717) is 6.42 Å². The van der Waals surface area contributed by atoms with Gasteiger partial charge in [-0.3, -0.25) is 4.79 Å². The van der Waals surface area contributed by atoms with Crippen LogP contribution < -0.4 is 0 Å². The van der Waals surface area contributed by atoms with E-state index in [-0.39, 0.29) is 18.0 Å². The number of carboxylic acid groups (broad SMARTS) is 1. The van der Waals surface area contributed by atoms with Gasteiger partial charge in [0.15, 0.2) is 0 Å². The number of carbonyl (C=O) groups is 1. The summed E-state index contributed by atoms with van der Waals surface area (Å²) in [5.41, 5.74) is -0.990. The van der Waals surface area contributed by atoms with E-state index in [4.69, 9.17) is 5.11 Å². The lowest BCUT2D eigenvalue weighted by molar-refractivity contribution is -0.146. The topological polar surface area (TPSA) is 74.7 Å². The van der Waals surface area contributed by atoms with Crippen molar-refractivity contribution >= 4 is 38.6 Å². The highest BCUT2D eigenvalue weighted by molar-refractivity contribution is 14.1. The average molecular weight is 395 g/mol. The Morgan fingerprint density at radius 2 is 1.95 bits per heavy atom. The lowest BCUT2D eigenvalue weighted by atomic mass is 9.90. The van der Waals surface area contributed by atoms with Crippen molar-refractivity contribution < 1.29 is 18.3 Å². The van der Waals surface area contributed by atoms with E-state index in [2.05, 4.69) is 22.6 Å². The maximum absolute atomic E-state index is 12.4. The first kappa shape index (κ1) is 14.7. The fourth-order valence-electron chi connectivity index (χ4n) is 2.05. The normalized spacial score (nSPS) is 24.5. The maximum Gasteiger partial charge on any atom is 0.310 e. The second-order valence-electron chi connectivity index (χ2n) is 4.91. The summed E-state index contributed by atoms with van der Waals surface area (Å²) in [5.74, 6) is -0.951. The number of nitrogens with zero attached hydrogens (tertiary/aromatic N) is 1. The molecule has 2 rings (SSSR count). The Kier molecular flexibility index (Phi) is 3.90. The summed E-state index contributed by atoms with van der Waals surface area (Å²) < 4.78 is 27.0. The Morgan fingerprint density at radius 1 is 1.37 bits per heavy atom. The fourth-order valence-corrected chi connectivity index (χ4v) is 3.98. The van der Waals surface area contributed by atoms with Crippen LogP contribution in [0.15, 0.2) is 29.2 Å². The molecular weight excluding hydrogens is 381 g/mol. The summed E-state index contributed by atoms with van der Waals surface area (Å²) in [7, 11) is -3.59. The largest absolute Gasteiger partial charge is 0.481 e. The summed E-state index contributed by atoms with van der Waals surface area (Å²) in [5, 5.41) is 9.14. The molecule has 0 aliphatic carbocycles.